The van der Waals surface area contributed by atoms with Gasteiger partial charge in [0.15, 0.2) is 0 Å². The maximum absolute atomic E-state index is 14.6. The molecule has 3 N–H and O–H groups in total. The molecule has 2 fully saturated rings. The summed E-state index contributed by atoms with van der Waals surface area (Å²) in [4.78, 5) is 31.4. The van der Waals surface area contributed by atoms with Crippen molar-refractivity contribution in [3.05, 3.63) is 58.5 Å². The van der Waals surface area contributed by atoms with Crippen molar-refractivity contribution >= 4 is 28.4 Å². The Morgan fingerprint density at radius 3 is 2.38 bits per heavy atom. The molecule has 1 aromatic carbocycles. The number of pyridine rings is 1. The zero-order valence-electron chi connectivity index (χ0n) is 24.1. The molecule has 0 amide bonds. The van der Waals surface area contributed by atoms with Crippen molar-refractivity contribution in [3.63, 3.8) is 0 Å². The van der Waals surface area contributed by atoms with Crippen molar-refractivity contribution in [1.82, 2.24) is 24.3 Å². The minimum atomic E-state index is -4.86. The highest BCUT2D eigenvalue weighted by Gasteiger charge is 2.39. The molecular formula is C29H37F3N8O2. The molecule has 42 heavy (non-hydrogen) atoms. The quantitative estimate of drug-likeness (QED) is 0.305. The van der Waals surface area contributed by atoms with E-state index in [9.17, 15) is 23.1 Å². The van der Waals surface area contributed by atoms with Crippen LogP contribution in [0.2, 0.25) is 0 Å². The van der Waals surface area contributed by atoms with E-state index in [1.165, 1.54) is 12.1 Å². The lowest BCUT2D eigenvalue weighted by molar-refractivity contribution is -0.142. The SMILES string of the molecule is C=CC(O)N1CCN(c2nc(N3CC(N(CC)CC)C3)nc3c(=O)n(-c4c(C)cccc4N)c(C(F)(F)F)cc23)CC1. The first kappa shape index (κ1) is 29.8. The Labute approximate surface area is 242 Å². The van der Waals surface area contributed by atoms with Gasteiger partial charge >= 0.3 is 6.18 Å². The molecule has 3 aromatic rings. The third-order valence-electron chi connectivity index (χ3n) is 8.30. The summed E-state index contributed by atoms with van der Waals surface area (Å²) in [5.41, 5.74) is 4.44. The molecule has 0 aliphatic carbocycles. The number of nitrogen functional groups attached to an aromatic ring is 1. The van der Waals surface area contributed by atoms with Gasteiger partial charge in [0.2, 0.25) is 5.95 Å². The summed E-state index contributed by atoms with van der Waals surface area (Å²) in [5.74, 6) is 0.567. The van der Waals surface area contributed by atoms with E-state index in [-0.39, 0.29) is 28.1 Å². The lowest BCUT2D eigenvalue weighted by Gasteiger charge is -2.45. The molecule has 1 unspecified atom stereocenters. The van der Waals surface area contributed by atoms with Gasteiger partial charge in [0.1, 0.15) is 23.3 Å². The molecular weight excluding hydrogens is 549 g/mol. The maximum atomic E-state index is 14.6. The number of nitrogens with zero attached hydrogens (tertiary/aromatic N) is 7. The number of para-hydroxylation sites is 1. The van der Waals surface area contributed by atoms with E-state index in [1.807, 2.05) is 14.7 Å². The number of hydrogen-bond donors (Lipinski definition) is 2. The normalized spacial score (nSPS) is 17.6. The number of anilines is 3. The van der Waals surface area contributed by atoms with Gasteiger partial charge in [0.25, 0.3) is 5.56 Å². The first-order chi connectivity index (χ1) is 20.0. The summed E-state index contributed by atoms with van der Waals surface area (Å²) in [6.07, 6.45) is -4.26. The Bertz CT molecular complexity index is 1500. The van der Waals surface area contributed by atoms with Crippen molar-refractivity contribution in [2.45, 2.75) is 39.2 Å². The topological polar surface area (TPSA) is 107 Å². The van der Waals surface area contributed by atoms with E-state index in [1.54, 1.807) is 19.1 Å². The van der Waals surface area contributed by atoms with Crippen LogP contribution in [0.4, 0.5) is 30.6 Å². The van der Waals surface area contributed by atoms with Crippen LogP contribution in [0.25, 0.3) is 16.6 Å². The number of piperazine rings is 1. The van der Waals surface area contributed by atoms with Crippen LogP contribution in [0.1, 0.15) is 25.1 Å². The summed E-state index contributed by atoms with van der Waals surface area (Å²) >= 11 is 0. The van der Waals surface area contributed by atoms with E-state index in [0.29, 0.717) is 61.4 Å². The lowest BCUT2D eigenvalue weighted by Crippen LogP contribution is -2.60. The minimum absolute atomic E-state index is 0.0176. The molecule has 2 aliphatic heterocycles. The first-order valence-corrected chi connectivity index (χ1v) is 14.2. The van der Waals surface area contributed by atoms with Crippen molar-refractivity contribution in [2.75, 3.05) is 67.9 Å². The van der Waals surface area contributed by atoms with Crippen LogP contribution in [0.15, 0.2) is 41.7 Å². The van der Waals surface area contributed by atoms with Crippen LogP contribution in [0.3, 0.4) is 0 Å². The van der Waals surface area contributed by atoms with E-state index >= 15 is 0 Å². The summed E-state index contributed by atoms with van der Waals surface area (Å²) < 4.78 is 44.5. The molecule has 0 spiro atoms. The number of rotatable bonds is 8. The molecule has 226 valence electrons. The lowest BCUT2D eigenvalue weighted by atomic mass is 10.1. The Morgan fingerprint density at radius 2 is 1.81 bits per heavy atom. The van der Waals surface area contributed by atoms with Gasteiger partial charge in [-0.05, 0) is 43.8 Å². The number of likely N-dealkylation sites (N-methyl/N-ethyl adjacent to an activating group) is 1. The molecule has 5 rings (SSSR count). The summed E-state index contributed by atoms with van der Waals surface area (Å²) in [5, 5.41) is 10.2. The number of aliphatic hydroxyl groups is 1. The van der Waals surface area contributed by atoms with Gasteiger partial charge in [-0.3, -0.25) is 19.2 Å². The third kappa shape index (κ3) is 5.32. The monoisotopic (exact) mass is 586 g/mol. The molecule has 1 atom stereocenters. The van der Waals surface area contributed by atoms with Crippen molar-refractivity contribution in [2.24, 2.45) is 0 Å². The number of benzene rings is 1. The van der Waals surface area contributed by atoms with Gasteiger partial charge in [-0.25, -0.2) is 4.98 Å². The smallest absolute Gasteiger partial charge is 0.397 e. The second-order valence-electron chi connectivity index (χ2n) is 10.7. The predicted octanol–water partition coefficient (Wildman–Crippen LogP) is 2.85. The predicted molar refractivity (Wildman–Crippen MR) is 158 cm³/mol. The van der Waals surface area contributed by atoms with Gasteiger partial charge in [-0.15, -0.1) is 0 Å². The number of aryl methyl sites for hydroxylation is 1. The highest BCUT2D eigenvalue weighted by Crippen LogP contribution is 2.37. The highest BCUT2D eigenvalue weighted by molar-refractivity contribution is 5.91. The molecule has 13 heteroatoms. The van der Waals surface area contributed by atoms with Crippen LogP contribution in [0, 0.1) is 6.92 Å². The van der Waals surface area contributed by atoms with Crippen LogP contribution in [0.5, 0.6) is 0 Å². The van der Waals surface area contributed by atoms with E-state index in [4.69, 9.17) is 10.7 Å². The van der Waals surface area contributed by atoms with Crippen LogP contribution < -0.4 is 21.1 Å². The van der Waals surface area contributed by atoms with Crippen LogP contribution >= 0.6 is 0 Å². The Morgan fingerprint density at radius 1 is 1.14 bits per heavy atom. The number of halogens is 3. The zero-order chi connectivity index (χ0) is 30.3. The van der Waals surface area contributed by atoms with Crippen molar-refractivity contribution in [1.29, 1.82) is 0 Å². The standard InChI is InChI=1S/C29H37F3N8O2/c1-5-23(41)37-11-13-38(14-12-37)26-20-15-22(29(30,31)32)40(25-18(4)9-8-10-21(25)33)27(42)24(20)34-28(35-26)39-16-19(17-39)36(6-2)7-3/h5,8-10,15,19,23,41H,1,6-7,11-14,16-17,33H2,2-4H3. The average Bonchev–Trinajstić information content (AvgIpc) is 2.94. The van der Waals surface area contributed by atoms with Crippen LogP contribution in [-0.4, -0.2) is 94.1 Å². The summed E-state index contributed by atoms with van der Waals surface area (Å²) in [6.45, 7) is 14.1. The second kappa shape index (κ2) is 11.5. The fraction of sp³-hybridized carbons (Fsp3) is 0.483. The number of fused-ring (bicyclic) bond motifs is 1. The number of aromatic nitrogens is 3. The van der Waals surface area contributed by atoms with Crippen molar-refractivity contribution in [3.8, 4) is 5.69 Å². The minimum Gasteiger partial charge on any atom is -0.397 e. The molecule has 0 bridgehead atoms. The average molecular weight is 587 g/mol. The molecule has 0 radical (unpaired) electrons. The van der Waals surface area contributed by atoms with E-state index in [0.717, 1.165) is 19.2 Å². The Kier molecular flexibility index (Phi) is 8.19. The fourth-order valence-corrected chi connectivity index (χ4v) is 5.90. The van der Waals surface area contributed by atoms with E-state index in [2.05, 4.69) is 30.3 Å². The molecule has 10 nitrogen and oxygen atoms in total. The maximum Gasteiger partial charge on any atom is 0.431 e. The Hall–Kier alpha value is -3.68. The summed E-state index contributed by atoms with van der Waals surface area (Å²) in [7, 11) is 0. The molecule has 2 aliphatic rings. The van der Waals surface area contributed by atoms with Gasteiger partial charge in [0, 0.05) is 45.3 Å². The molecule has 0 saturated carbocycles. The molecule has 4 heterocycles. The Balaban J connectivity index is 1.69. The summed E-state index contributed by atoms with van der Waals surface area (Å²) in [6, 6.07) is 5.97. The molecule has 2 aromatic heterocycles. The van der Waals surface area contributed by atoms with Gasteiger partial charge in [0.05, 0.1) is 16.8 Å². The number of nitrogens with two attached hydrogens (primary N) is 1. The van der Waals surface area contributed by atoms with Gasteiger partial charge < -0.3 is 20.6 Å². The first-order valence-electron chi connectivity index (χ1n) is 14.2. The zero-order valence-corrected chi connectivity index (χ0v) is 24.1. The second-order valence-corrected chi connectivity index (χ2v) is 10.7. The van der Waals surface area contributed by atoms with Gasteiger partial charge in [-0.1, -0.05) is 32.6 Å². The third-order valence-corrected chi connectivity index (χ3v) is 8.30. The number of hydrogen-bond acceptors (Lipinski definition) is 9. The van der Waals surface area contributed by atoms with E-state index < -0.39 is 23.7 Å². The van der Waals surface area contributed by atoms with Crippen LogP contribution in [-0.2, 0) is 6.18 Å². The fourth-order valence-electron chi connectivity index (χ4n) is 5.90. The van der Waals surface area contributed by atoms with Crippen molar-refractivity contribution < 1.29 is 18.3 Å². The number of alkyl halides is 3. The largest absolute Gasteiger partial charge is 0.431 e. The van der Waals surface area contributed by atoms with Gasteiger partial charge in [-0.2, -0.15) is 18.2 Å². The number of aliphatic hydroxyl groups excluding tert-OH is 1. The highest BCUT2D eigenvalue weighted by atomic mass is 19.4. The molecule has 2 saturated heterocycles.